The van der Waals surface area contributed by atoms with Crippen LogP contribution in [-0.4, -0.2) is 55.6 Å². The average Bonchev–Trinajstić information content (AvgIpc) is 2.98. The molecule has 4 rings (SSSR count). The predicted molar refractivity (Wildman–Crippen MR) is 149 cm³/mol. The first-order valence-corrected chi connectivity index (χ1v) is 13.6. The lowest BCUT2D eigenvalue weighted by molar-refractivity contribution is -0.149. The number of carbonyl (C=O) groups excluding carboxylic acids is 2. The number of rotatable bonds is 12. The molecule has 0 spiro atoms. The molecule has 3 aromatic rings. The van der Waals surface area contributed by atoms with Crippen LogP contribution in [0.25, 0.3) is 0 Å². The number of esters is 1. The third-order valence-electron chi connectivity index (χ3n) is 7.56. The fraction of sp³-hybridized carbons (Fsp3) is 0.375. The van der Waals surface area contributed by atoms with E-state index in [1.807, 2.05) is 0 Å². The molecule has 0 aromatic heterocycles. The van der Waals surface area contributed by atoms with Gasteiger partial charge in [-0.1, -0.05) is 30.3 Å². The fourth-order valence-electron chi connectivity index (χ4n) is 5.42. The zero-order valence-corrected chi connectivity index (χ0v) is 23.2. The van der Waals surface area contributed by atoms with Crippen molar-refractivity contribution in [1.29, 1.82) is 0 Å². The van der Waals surface area contributed by atoms with Crippen LogP contribution in [0.4, 0.5) is 8.78 Å². The van der Waals surface area contributed by atoms with Gasteiger partial charge in [0.15, 0.2) is 23.9 Å². The minimum Gasteiger partial charge on any atom is -0.493 e. The van der Waals surface area contributed by atoms with Gasteiger partial charge in [0.25, 0.3) is 0 Å². The summed E-state index contributed by atoms with van der Waals surface area (Å²) in [5, 5.41) is 12.0. The highest BCUT2D eigenvalue weighted by Crippen LogP contribution is 2.42. The number of hydrogen-bond donors (Lipinski definition) is 1. The maximum Gasteiger partial charge on any atom is 0.303 e. The first-order valence-electron chi connectivity index (χ1n) is 13.6. The van der Waals surface area contributed by atoms with Crippen molar-refractivity contribution < 1.29 is 37.7 Å². The van der Waals surface area contributed by atoms with Crippen molar-refractivity contribution in [3.63, 3.8) is 0 Å². The molecule has 1 heterocycles. The number of piperidine rings is 1. The van der Waals surface area contributed by atoms with Gasteiger partial charge in [-0.2, -0.15) is 0 Å². The van der Waals surface area contributed by atoms with Gasteiger partial charge < -0.3 is 24.2 Å². The molecule has 9 heteroatoms. The average molecular weight is 568 g/mol. The summed E-state index contributed by atoms with van der Waals surface area (Å²) in [6.45, 7) is 3.99. The van der Waals surface area contributed by atoms with E-state index >= 15 is 0 Å². The van der Waals surface area contributed by atoms with E-state index in [1.54, 1.807) is 42.5 Å². The lowest BCUT2D eigenvalue weighted by atomic mass is 9.72. The minimum atomic E-state index is -1.36. The number of likely N-dealkylation sites (tertiary alicyclic amines) is 1. The third-order valence-corrected chi connectivity index (χ3v) is 7.56. The normalized spacial score (nSPS) is 15.2. The van der Waals surface area contributed by atoms with Gasteiger partial charge in [0.2, 0.25) is 0 Å². The molecule has 1 atom stereocenters. The molecule has 3 aromatic carbocycles. The Morgan fingerprint density at radius 3 is 2.10 bits per heavy atom. The summed E-state index contributed by atoms with van der Waals surface area (Å²) in [5.74, 6) is -0.493. The molecule has 0 amide bonds. The quantitative estimate of drug-likeness (QED) is 0.183. The second-order valence-electron chi connectivity index (χ2n) is 10.2. The van der Waals surface area contributed by atoms with Crippen LogP contribution in [0.3, 0.4) is 0 Å². The van der Waals surface area contributed by atoms with Gasteiger partial charge in [0.05, 0.1) is 13.7 Å². The highest BCUT2D eigenvalue weighted by atomic mass is 19.1. The fourth-order valence-corrected chi connectivity index (χ4v) is 5.42. The first-order chi connectivity index (χ1) is 19.7. The number of aldehydes is 1. The summed E-state index contributed by atoms with van der Waals surface area (Å²) in [6, 6.07) is 16.7. The third kappa shape index (κ3) is 7.28. The standard InChI is InChI=1S/C32H35F2NO6/c1-22(37)41-31(21-36)23-4-13-29(30(20-23)39-2)40-19-3-16-35-17-14-26(15-18-35)32(38,24-5-9-27(33)10-6-24)25-7-11-28(34)12-8-25/h4-13,20-21,26,31,38H,3,14-19H2,1-2H3. The van der Waals surface area contributed by atoms with Gasteiger partial charge in [-0.15, -0.1) is 0 Å². The van der Waals surface area contributed by atoms with Crippen molar-refractivity contribution in [3.05, 3.63) is 95.1 Å². The summed E-state index contributed by atoms with van der Waals surface area (Å²) in [5.41, 5.74) is 0.301. The van der Waals surface area contributed by atoms with Crippen LogP contribution in [0, 0.1) is 17.6 Å². The Kier molecular flexibility index (Phi) is 10.1. The Hall–Kier alpha value is -3.82. The molecule has 0 saturated carbocycles. The van der Waals surface area contributed by atoms with E-state index in [1.165, 1.54) is 38.3 Å². The van der Waals surface area contributed by atoms with E-state index in [4.69, 9.17) is 14.2 Å². The molecule has 1 aliphatic rings. The van der Waals surface area contributed by atoms with Gasteiger partial charge in [-0.25, -0.2) is 8.78 Å². The number of aliphatic hydroxyl groups is 1. The van der Waals surface area contributed by atoms with Crippen molar-refractivity contribution in [3.8, 4) is 11.5 Å². The highest BCUT2D eigenvalue weighted by molar-refractivity contribution is 5.71. The molecule has 1 saturated heterocycles. The Morgan fingerprint density at radius 1 is 1.00 bits per heavy atom. The maximum absolute atomic E-state index is 13.6. The topological polar surface area (TPSA) is 85.3 Å². The molecule has 1 fully saturated rings. The number of halogens is 2. The Balaban J connectivity index is 1.33. The molecule has 1 aliphatic heterocycles. The van der Waals surface area contributed by atoms with E-state index in [9.17, 15) is 23.5 Å². The smallest absolute Gasteiger partial charge is 0.303 e. The van der Waals surface area contributed by atoms with Crippen molar-refractivity contribution in [2.45, 2.75) is 37.9 Å². The van der Waals surface area contributed by atoms with Crippen molar-refractivity contribution in [2.24, 2.45) is 5.92 Å². The van der Waals surface area contributed by atoms with Crippen LogP contribution in [0.5, 0.6) is 11.5 Å². The molecular weight excluding hydrogens is 532 g/mol. The first kappa shape index (κ1) is 30.1. The summed E-state index contributed by atoms with van der Waals surface area (Å²) in [6.07, 6.45) is 1.71. The minimum absolute atomic E-state index is 0.129. The molecular formula is C32H35F2NO6. The van der Waals surface area contributed by atoms with E-state index in [0.717, 1.165) is 26.1 Å². The number of methoxy groups -OCH3 is 1. The predicted octanol–water partition coefficient (Wildman–Crippen LogP) is 5.19. The number of benzene rings is 3. The second kappa shape index (κ2) is 13.7. The highest BCUT2D eigenvalue weighted by Gasteiger charge is 2.41. The molecule has 0 radical (unpaired) electrons. The Labute approximate surface area is 238 Å². The SMILES string of the molecule is COc1cc(C(C=O)OC(C)=O)ccc1OCCCN1CCC(C(O)(c2ccc(F)cc2)c2ccc(F)cc2)CC1. The van der Waals surface area contributed by atoms with Gasteiger partial charge >= 0.3 is 5.97 Å². The van der Waals surface area contributed by atoms with Gasteiger partial charge in [-0.3, -0.25) is 9.59 Å². The van der Waals surface area contributed by atoms with Crippen molar-refractivity contribution >= 4 is 12.3 Å². The van der Waals surface area contributed by atoms with Gasteiger partial charge in [0.1, 0.15) is 17.2 Å². The largest absolute Gasteiger partial charge is 0.493 e. The van der Waals surface area contributed by atoms with Crippen LogP contribution in [0.2, 0.25) is 0 Å². The van der Waals surface area contributed by atoms with Crippen LogP contribution in [-0.2, 0) is 19.9 Å². The lowest BCUT2D eigenvalue weighted by Crippen LogP contribution is -2.44. The van der Waals surface area contributed by atoms with E-state index in [0.29, 0.717) is 53.9 Å². The molecule has 1 unspecified atom stereocenters. The van der Waals surface area contributed by atoms with Crippen LogP contribution >= 0.6 is 0 Å². The summed E-state index contributed by atoms with van der Waals surface area (Å²) in [4.78, 5) is 24.9. The maximum atomic E-state index is 13.6. The summed E-state index contributed by atoms with van der Waals surface area (Å²) >= 11 is 0. The number of nitrogens with zero attached hydrogens (tertiary/aromatic N) is 1. The molecule has 218 valence electrons. The molecule has 0 bridgehead atoms. The van der Waals surface area contributed by atoms with Crippen LogP contribution < -0.4 is 9.47 Å². The monoisotopic (exact) mass is 567 g/mol. The zero-order chi connectivity index (χ0) is 29.4. The van der Waals surface area contributed by atoms with E-state index < -0.39 is 17.7 Å². The zero-order valence-electron chi connectivity index (χ0n) is 23.2. The van der Waals surface area contributed by atoms with E-state index in [-0.39, 0.29) is 17.6 Å². The Morgan fingerprint density at radius 2 is 1.59 bits per heavy atom. The summed E-state index contributed by atoms with van der Waals surface area (Å²) < 4.78 is 43.6. The number of carbonyl (C=O) groups is 2. The van der Waals surface area contributed by atoms with Gasteiger partial charge in [0, 0.05) is 19.0 Å². The van der Waals surface area contributed by atoms with Gasteiger partial charge in [-0.05, 0) is 85.8 Å². The number of ether oxygens (including phenoxy) is 3. The molecule has 0 aliphatic carbocycles. The molecule has 41 heavy (non-hydrogen) atoms. The molecule has 7 nitrogen and oxygen atoms in total. The second-order valence-corrected chi connectivity index (χ2v) is 10.2. The number of hydrogen-bond acceptors (Lipinski definition) is 7. The van der Waals surface area contributed by atoms with Crippen molar-refractivity contribution in [2.75, 3.05) is 33.4 Å². The van der Waals surface area contributed by atoms with Crippen LogP contribution in [0.15, 0.2) is 66.7 Å². The van der Waals surface area contributed by atoms with Crippen molar-refractivity contribution in [1.82, 2.24) is 4.90 Å². The summed E-state index contributed by atoms with van der Waals surface area (Å²) in [7, 11) is 1.50. The van der Waals surface area contributed by atoms with E-state index in [2.05, 4.69) is 4.90 Å². The Bertz CT molecular complexity index is 1260. The van der Waals surface area contributed by atoms with Crippen LogP contribution in [0.1, 0.15) is 49.0 Å². The lowest BCUT2D eigenvalue weighted by Gasteiger charge is -2.42. The molecule has 1 N–H and O–H groups in total.